The van der Waals surface area contributed by atoms with E-state index < -0.39 is 0 Å². The number of imidazole rings is 1. The number of aromatic nitrogens is 3. The minimum absolute atomic E-state index is 0.0496. The Morgan fingerprint density at radius 3 is 2.56 bits per heavy atom. The number of rotatable bonds is 8. The van der Waals surface area contributed by atoms with Gasteiger partial charge in [0, 0.05) is 51.2 Å². The van der Waals surface area contributed by atoms with Crippen LogP contribution in [-0.4, -0.2) is 50.3 Å². The average Bonchev–Trinajstić information content (AvgIpc) is 3.46. The number of likely N-dealkylation sites (N-methyl/N-ethyl adjacent to an activating group) is 1. The fraction of sp³-hybridized carbons (Fsp3) is 0.269. The van der Waals surface area contributed by atoms with Gasteiger partial charge in [-0.1, -0.05) is 48.9 Å². The van der Waals surface area contributed by atoms with Crippen LogP contribution in [0.15, 0.2) is 73.2 Å². The van der Waals surface area contributed by atoms with Gasteiger partial charge in [-0.2, -0.15) is 0 Å². The highest BCUT2D eigenvalue weighted by Gasteiger charge is 2.28. The third-order valence-electron chi connectivity index (χ3n) is 6.26. The van der Waals surface area contributed by atoms with Gasteiger partial charge in [0.05, 0.1) is 5.02 Å². The van der Waals surface area contributed by atoms with Crippen LogP contribution in [0.2, 0.25) is 5.02 Å². The number of aryl methyl sites for hydroxylation is 1. The van der Waals surface area contributed by atoms with Crippen molar-refractivity contribution in [2.24, 2.45) is 7.05 Å². The van der Waals surface area contributed by atoms with Crippen LogP contribution < -0.4 is 5.32 Å². The molecule has 0 saturated heterocycles. The summed E-state index contributed by atoms with van der Waals surface area (Å²) in [5.74, 6) is -0.264. The molecule has 8 heteroatoms. The number of nitrogens with one attached hydrogen (secondary N) is 1. The third-order valence-corrected chi connectivity index (χ3v) is 6.48. The standard InChI is InChI=1S/C26H28ClN5O2/c1-18(19-8-5-4-6-9-19)22(13-14-28-25(33)23-10-7-15-30(23)2)31(3)26(34)21-17-32-16-20(27)11-12-24(32)29-21/h4-12,15-18,22H,13-14H2,1-3H3,(H,28,33). The second-order valence-corrected chi connectivity index (χ2v) is 8.91. The minimum atomic E-state index is -0.179. The van der Waals surface area contributed by atoms with Crippen molar-refractivity contribution in [2.75, 3.05) is 13.6 Å². The molecule has 2 amide bonds. The molecule has 7 nitrogen and oxygen atoms in total. The number of hydrogen-bond acceptors (Lipinski definition) is 3. The zero-order chi connectivity index (χ0) is 24.2. The molecule has 0 aliphatic rings. The first-order chi connectivity index (χ1) is 16.3. The molecule has 4 rings (SSSR count). The van der Waals surface area contributed by atoms with E-state index in [4.69, 9.17) is 11.6 Å². The molecule has 0 saturated carbocycles. The Kier molecular flexibility index (Phi) is 7.03. The molecule has 4 aromatic rings. The van der Waals surface area contributed by atoms with Crippen molar-refractivity contribution in [3.05, 3.63) is 95.2 Å². The summed E-state index contributed by atoms with van der Waals surface area (Å²) in [7, 11) is 3.63. The Labute approximate surface area is 204 Å². The van der Waals surface area contributed by atoms with Crippen molar-refractivity contribution in [3.63, 3.8) is 0 Å². The van der Waals surface area contributed by atoms with Crippen molar-refractivity contribution in [1.29, 1.82) is 0 Å². The highest BCUT2D eigenvalue weighted by Crippen LogP contribution is 2.26. The Balaban J connectivity index is 1.54. The minimum Gasteiger partial charge on any atom is -0.351 e. The fourth-order valence-electron chi connectivity index (χ4n) is 4.28. The molecule has 176 valence electrons. The molecule has 2 unspecified atom stereocenters. The van der Waals surface area contributed by atoms with Crippen LogP contribution in [0.5, 0.6) is 0 Å². The van der Waals surface area contributed by atoms with Gasteiger partial charge in [0.2, 0.25) is 0 Å². The second-order valence-electron chi connectivity index (χ2n) is 8.47. The zero-order valence-electron chi connectivity index (χ0n) is 19.5. The van der Waals surface area contributed by atoms with Gasteiger partial charge in [-0.05, 0) is 36.2 Å². The highest BCUT2D eigenvalue weighted by molar-refractivity contribution is 6.30. The van der Waals surface area contributed by atoms with Crippen molar-refractivity contribution >= 4 is 29.1 Å². The number of hydrogen-bond donors (Lipinski definition) is 1. The van der Waals surface area contributed by atoms with Crippen molar-refractivity contribution < 1.29 is 9.59 Å². The van der Waals surface area contributed by atoms with Gasteiger partial charge in [0.1, 0.15) is 17.0 Å². The van der Waals surface area contributed by atoms with Gasteiger partial charge in [-0.15, -0.1) is 0 Å². The molecule has 0 aliphatic heterocycles. The first-order valence-corrected chi connectivity index (χ1v) is 11.6. The lowest BCUT2D eigenvalue weighted by atomic mass is 9.90. The molecule has 1 aromatic carbocycles. The lowest BCUT2D eigenvalue weighted by Gasteiger charge is -2.33. The molecule has 0 fully saturated rings. The number of halogens is 1. The fourth-order valence-corrected chi connectivity index (χ4v) is 4.45. The Morgan fingerprint density at radius 1 is 1.09 bits per heavy atom. The van der Waals surface area contributed by atoms with Crippen LogP contribution >= 0.6 is 11.6 Å². The van der Waals surface area contributed by atoms with E-state index >= 15 is 0 Å². The number of fused-ring (bicyclic) bond motifs is 1. The second kappa shape index (κ2) is 10.1. The lowest BCUT2D eigenvalue weighted by molar-refractivity contribution is 0.0696. The van der Waals surface area contributed by atoms with Crippen molar-refractivity contribution in [1.82, 2.24) is 24.2 Å². The topological polar surface area (TPSA) is 71.6 Å². The lowest BCUT2D eigenvalue weighted by Crippen LogP contribution is -2.42. The molecule has 0 bridgehead atoms. The van der Waals surface area contributed by atoms with Crippen molar-refractivity contribution in [3.8, 4) is 0 Å². The summed E-state index contributed by atoms with van der Waals surface area (Å²) >= 11 is 6.08. The largest absolute Gasteiger partial charge is 0.351 e. The smallest absolute Gasteiger partial charge is 0.274 e. The van der Waals surface area contributed by atoms with Crippen LogP contribution in [-0.2, 0) is 7.05 Å². The van der Waals surface area contributed by atoms with Gasteiger partial charge < -0.3 is 19.2 Å². The van der Waals surface area contributed by atoms with Crippen LogP contribution in [0.4, 0.5) is 0 Å². The van der Waals surface area contributed by atoms with Crippen LogP contribution in [0.3, 0.4) is 0 Å². The number of pyridine rings is 1. The molecule has 2 atom stereocenters. The van der Waals surface area contributed by atoms with E-state index in [1.165, 1.54) is 0 Å². The zero-order valence-corrected chi connectivity index (χ0v) is 20.2. The monoisotopic (exact) mass is 477 g/mol. The molecular weight excluding hydrogens is 450 g/mol. The number of carbonyl (C=O) groups is 2. The molecule has 0 spiro atoms. The molecule has 1 N–H and O–H groups in total. The SMILES string of the molecule is CC(c1ccccc1)C(CCNC(=O)c1cccn1C)N(C)C(=O)c1cn2cc(Cl)ccc2n1. The van der Waals surface area contributed by atoms with Crippen LogP contribution in [0.1, 0.15) is 45.8 Å². The van der Waals surface area contributed by atoms with Crippen molar-refractivity contribution in [2.45, 2.75) is 25.3 Å². The number of nitrogens with zero attached hydrogens (tertiary/aromatic N) is 4. The normalized spacial score (nSPS) is 12.9. The van der Waals surface area contributed by atoms with E-state index in [0.29, 0.717) is 35.0 Å². The summed E-state index contributed by atoms with van der Waals surface area (Å²) in [5, 5.41) is 3.56. The summed E-state index contributed by atoms with van der Waals surface area (Å²) in [5.41, 5.74) is 2.73. The number of amides is 2. The summed E-state index contributed by atoms with van der Waals surface area (Å²) in [6.45, 7) is 2.54. The van der Waals surface area contributed by atoms with Gasteiger partial charge in [-0.25, -0.2) is 4.98 Å². The summed E-state index contributed by atoms with van der Waals surface area (Å²) in [4.78, 5) is 32.2. The van der Waals surface area contributed by atoms with E-state index in [1.807, 2.05) is 37.5 Å². The van der Waals surface area contributed by atoms with E-state index in [9.17, 15) is 9.59 Å². The Morgan fingerprint density at radius 2 is 1.85 bits per heavy atom. The highest BCUT2D eigenvalue weighted by atomic mass is 35.5. The summed E-state index contributed by atoms with van der Waals surface area (Å²) < 4.78 is 3.53. The van der Waals surface area contributed by atoms with E-state index in [-0.39, 0.29) is 23.8 Å². The van der Waals surface area contributed by atoms with Crippen LogP contribution in [0, 0.1) is 0 Å². The summed E-state index contributed by atoms with van der Waals surface area (Å²) in [6.07, 6.45) is 5.85. The first-order valence-electron chi connectivity index (χ1n) is 11.2. The van der Waals surface area contributed by atoms with Crippen LogP contribution in [0.25, 0.3) is 5.65 Å². The molecular formula is C26H28ClN5O2. The molecule has 0 aliphatic carbocycles. The predicted molar refractivity (Wildman–Crippen MR) is 133 cm³/mol. The maximum atomic E-state index is 13.4. The van der Waals surface area contributed by atoms with Gasteiger partial charge >= 0.3 is 0 Å². The molecule has 3 heterocycles. The van der Waals surface area contributed by atoms with Gasteiger partial charge in [-0.3, -0.25) is 9.59 Å². The Bertz CT molecular complexity index is 1300. The number of benzene rings is 1. The van der Waals surface area contributed by atoms with E-state index in [0.717, 1.165) is 5.56 Å². The molecule has 3 aromatic heterocycles. The predicted octanol–water partition coefficient (Wildman–Crippen LogP) is 4.39. The third kappa shape index (κ3) is 4.99. The molecule has 0 radical (unpaired) electrons. The summed E-state index contributed by atoms with van der Waals surface area (Å²) in [6, 6.07) is 17.1. The van der Waals surface area contributed by atoms with E-state index in [1.54, 1.807) is 51.5 Å². The van der Waals surface area contributed by atoms with E-state index in [2.05, 4.69) is 29.4 Å². The maximum absolute atomic E-state index is 13.4. The first kappa shape index (κ1) is 23.6. The average molecular weight is 478 g/mol. The Hall–Kier alpha value is -3.58. The molecule has 34 heavy (non-hydrogen) atoms. The maximum Gasteiger partial charge on any atom is 0.274 e. The number of carbonyl (C=O) groups excluding carboxylic acids is 2. The quantitative estimate of drug-likeness (QED) is 0.409. The van der Waals surface area contributed by atoms with Gasteiger partial charge in [0.25, 0.3) is 11.8 Å². The van der Waals surface area contributed by atoms with Gasteiger partial charge in [0.15, 0.2) is 0 Å².